The molecule has 1 amide bonds. The summed E-state index contributed by atoms with van der Waals surface area (Å²) in [6, 6.07) is 26.0. The molecule has 0 saturated carbocycles. The fraction of sp³-hybridized carbons (Fsp3) is 0.160. The maximum absolute atomic E-state index is 12.5. The zero-order valence-corrected chi connectivity index (χ0v) is 18.8. The number of amides is 1. The molecule has 0 radical (unpaired) electrons. The number of aromatic nitrogens is 3. The first kappa shape index (κ1) is 21.6. The summed E-state index contributed by atoms with van der Waals surface area (Å²) >= 11 is 1.34. The molecule has 7 heteroatoms. The lowest BCUT2D eigenvalue weighted by Gasteiger charge is -2.15. The van der Waals surface area contributed by atoms with Crippen LogP contribution in [0.15, 0.2) is 90.3 Å². The van der Waals surface area contributed by atoms with Crippen LogP contribution in [-0.4, -0.2) is 33.5 Å². The maximum atomic E-state index is 12.5. The van der Waals surface area contributed by atoms with Crippen LogP contribution in [-0.2, 0) is 4.79 Å². The van der Waals surface area contributed by atoms with E-state index >= 15 is 0 Å². The molecule has 32 heavy (non-hydrogen) atoms. The van der Waals surface area contributed by atoms with E-state index in [9.17, 15) is 4.79 Å². The molecule has 6 nitrogen and oxygen atoms in total. The Hall–Kier alpha value is -3.58. The number of ether oxygens (including phenoxy) is 1. The Bertz CT molecular complexity index is 1180. The molecule has 0 bridgehead atoms. The molecule has 4 rings (SSSR count). The average Bonchev–Trinajstić information content (AvgIpc) is 3.32. The highest BCUT2D eigenvalue weighted by atomic mass is 32.2. The molecule has 1 atom stereocenters. The molecule has 162 valence electrons. The number of benzene rings is 3. The summed E-state index contributed by atoms with van der Waals surface area (Å²) in [5, 5.41) is 11.8. The van der Waals surface area contributed by atoms with Crippen LogP contribution in [0.25, 0.3) is 16.8 Å². The van der Waals surface area contributed by atoms with Crippen LogP contribution in [0.5, 0.6) is 5.75 Å². The van der Waals surface area contributed by atoms with Crippen LogP contribution in [0.3, 0.4) is 0 Å². The minimum absolute atomic E-state index is 0.0603. The molecule has 0 aliphatic heterocycles. The van der Waals surface area contributed by atoms with Gasteiger partial charge in [-0.2, -0.15) is 0 Å². The largest absolute Gasteiger partial charge is 0.497 e. The Morgan fingerprint density at radius 2 is 1.78 bits per heavy atom. The molecule has 0 aliphatic carbocycles. The number of nitrogens with one attached hydrogen (secondary N) is 1. The Morgan fingerprint density at radius 1 is 1.03 bits per heavy atom. The van der Waals surface area contributed by atoms with Gasteiger partial charge in [0.25, 0.3) is 0 Å². The lowest BCUT2D eigenvalue weighted by atomic mass is 10.0. The van der Waals surface area contributed by atoms with Crippen molar-refractivity contribution in [1.82, 2.24) is 20.1 Å². The average molecular weight is 445 g/mol. The minimum Gasteiger partial charge on any atom is -0.497 e. The van der Waals surface area contributed by atoms with Crippen molar-refractivity contribution >= 4 is 17.7 Å². The van der Waals surface area contributed by atoms with Crippen LogP contribution in [0.1, 0.15) is 18.5 Å². The summed E-state index contributed by atoms with van der Waals surface area (Å²) in [6.45, 7) is 1.98. The molecule has 3 aromatic carbocycles. The fourth-order valence-corrected chi connectivity index (χ4v) is 4.09. The number of rotatable bonds is 8. The van der Waals surface area contributed by atoms with Crippen molar-refractivity contribution in [2.24, 2.45) is 0 Å². The van der Waals surface area contributed by atoms with E-state index in [1.165, 1.54) is 17.3 Å². The van der Waals surface area contributed by atoms with Crippen molar-refractivity contribution in [2.45, 2.75) is 18.1 Å². The van der Waals surface area contributed by atoms with Crippen molar-refractivity contribution < 1.29 is 9.53 Å². The molecular weight excluding hydrogens is 420 g/mol. The van der Waals surface area contributed by atoms with Gasteiger partial charge in [0.1, 0.15) is 12.1 Å². The molecule has 0 unspecified atom stereocenters. The number of methoxy groups -OCH3 is 1. The van der Waals surface area contributed by atoms with Gasteiger partial charge < -0.3 is 10.1 Å². The zero-order valence-electron chi connectivity index (χ0n) is 17.9. The summed E-state index contributed by atoms with van der Waals surface area (Å²) < 4.78 is 7.12. The number of hydrogen-bond acceptors (Lipinski definition) is 5. The van der Waals surface area contributed by atoms with E-state index in [1.54, 1.807) is 13.4 Å². The van der Waals surface area contributed by atoms with Crippen molar-refractivity contribution in [3.8, 4) is 22.6 Å². The zero-order chi connectivity index (χ0) is 22.3. The molecule has 0 aliphatic rings. The lowest BCUT2D eigenvalue weighted by Crippen LogP contribution is -2.28. The van der Waals surface area contributed by atoms with Gasteiger partial charge in [-0.3, -0.25) is 9.36 Å². The number of carbonyl (C=O) groups excluding carboxylic acids is 1. The molecular formula is C25H24N4O2S. The summed E-state index contributed by atoms with van der Waals surface area (Å²) in [6.07, 6.45) is 1.63. The molecule has 1 heterocycles. The number of nitrogens with zero attached hydrogens (tertiary/aromatic N) is 3. The summed E-state index contributed by atoms with van der Waals surface area (Å²) in [5.41, 5.74) is 4.26. The summed E-state index contributed by atoms with van der Waals surface area (Å²) in [4.78, 5) is 12.5. The second kappa shape index (κ2) is 10.2. The predicted octanol–water partition coefficient (Wildman–Crippen LogP) is 4.91. The first-order valence-corrected chi connectivity index (χ1v) is 11.2. The van der Waals surface area contributed by atoms with Gasteiger partial charge in [-0.05, 0) is 35.7 Å². The first-order valence-electron chi connectivity index (χ1n) is 10.3. The summed E-state index contributed by atoms with van der Waals surface area (Å²) in [7, 11) is 1.63. The van der Waals surface area contributed by atoms with Crippen molar-refractivity contribution in [1.29, 1.82) is 0 Å². The van der Waals surface area contributed by atoms with E-state index in [-0.39, 0.29) is 17.7 Å². The molecule has 1 aromatic heterocycles. The molecule has 1 N–H and O–H groups in total. The van der Waals surface area contributed by atoms with Crippen LogP contribution in [0.4, 0.5) is 0 Å². The van der Waals surface area contributed by atoms with E-state index in [1.807, 2.05) is 54.0 Å². The maximum Gasteiger partial charge on any atom is 0.230 e. The van der Waals surface area contributed by atoms with Crippen LogP contribution in [0.2, 0.25) is 0 Å². The predicted molar refractivity (Wildman–Crippen MR) is 127 cm³/mol. The van der Waals surface area contributed by atoms with Gasteiger partial charge in [-0.1, -0.05) is 72.4 Å². The van der Waals surface area contributed by atoms with Crippen LogP contribution < -0.4 is 10.1 Å². The van der Waals surface area contributed by atoms with Crippen molar-refractivity contribution in [2.75, 3.05) is 12.9 Å². The third kappa shape index (κ3) is 5.18. The molecule has 0 spiro atoms. The standard InChI is InChI=1S/C25H24N4O2S/c1-18(19-11-13-21(14-12-19)20-7-4-3-5-8-20)27-24(30)16-32-25-28-26-17-29(25)22-9-6-10-23(15-22)31-2/h3-15,17-18H,16H2,1-2H3,(H,27,30)/t18-/m1/s1. The highest BCUT2D eigenvalue weighted by Gasteiger charge is 2.13. The van der Waals surface area contributed by atoms with E-state index < -0.39 is 0 Å². The van der Waals surface area contributed by atoms with E-state index in [0.717, 1.165) is 22.6 Å². The van der Waals surface area contributed by atoms with Gasteiger partial charge in [0.05, 0.1) is 24.6 Å². The number of carbonyl (C=O) groups is 1. The SMILES string of the molecule is COc1cccc(-n2cnnc2SCC(=O)N[C@H](C)c2ccc(-c3ccccc3)cc2)c1. The second-order valence-electron chi connectivity index (χ2n) is 7.25. The molecule has 0 saturated heterocycles. The lowest BCUT2D eigenvalue weighted by molar-refractivity contribution is -0.119. The van der Waals surface area contributed by atoms with Gasteiger partial charge in [-0.15, -0.1) is 10.2 Å². The Kier molecular flexibility index (Phi) is 6.87. The minimum atomic E-state index is -0.0934. The second-order valence-corrected chi connectivity index (χ2v) is 8.19. The Morgan fingerprint density at radius 3 is 2.53 bits per heavy atom. The topological polar surface area (TPSA) is 69.0 Å². The van der Waals surface area contributed by atoms with Crippen molar-refractivity contribution in [3.05, 3.63) is 90.8 Å². The number of hydrogen-bond donors (Lipinski definition) is 1. The van der Waals surface area contributed by atoms with E-state index in [4.69, 9.17) is 4.74 Å². The Labute approximate surface area is 191 Å². The first-order chi connectivity index (χ1) is 15.6. The van der Waals surface area contributed by atoms with Gasteiger partial charge in [0.2, 0.25) is 5.91 Å². The van der Waals surface area contributed by atoms with Crippen LogP contribution >= 0.6 is 11.8 Å². The highest BCUT2D eigenvalue weighted by molar-refractivity contribution is 7.99. The summed E-state index contributed by atoms with van der Waals surface area (Å²) in [5.74, 6) is 0.932. The normalized spacial score (nSPS) is 11.7. The quantitative estimate of drug-likeness (QED) is 0.391. The fourth-order valence-electron chi connectivity index (χ4n) is 3.35. The third-order valence-electron chi connectivity index (χ3n) is 5.08. The van der Waals surface area contributed by atoms with Crippen molar-refractivity contribution in [3.63, 3.8) is 0 Å². The third-order valence-corrected chi connectivity index (χ3v) is 6.02. The van der Waals surface area contributed by atoms with E-state index in [0.29, 0.717) is 5.16 Å². The Balaban J connectivity index is 1.35. The van der Waals surface area contributed by atoms with Gasteiger partial charge in [0, 0.05) is 6.07 Å². The van der Waals surface area contributed by atoms with Gasteiger partial charge in [-0.25, -0.2) is 0 Å². The van der Waals surface area contributed by atoms with Gasteiger partial charge >= 0.3 is 0 Å². The van der Waals surface area contributed by atoms with Gasteiger partial charge in [0.15, 0.2) is 5.16 Å². The monoisotopic (exact) mass is 444 g/mol. The molecule has 0 fully saturated rings. The highest BCUT2D eigenvalue weighted by Crippen LogP contribution is 2.24. The van der Waals surface area contributed by atoms with Crippen LogP contribution in [0, 0.1) is 0 Å². The van der Waals surface area contributed by atoms with E-state index in [2.05, 4.69) is 51.9 Å². The number of thioether (sulfide) groups is 1. The molecule has 4 aromatic rings. The smallest absolute Gasteiger partial charge is 0.230 e.